The minimum Gasteiger partial charge on any atom is -0.508 e. The molecule has 218 valence electrons. The zero-order valence-corrected chi connectivity index (χ0v) is 24.9. The van der Waals surface area contributed by atoms with Crippen molar-refractivity contribution in [2.75, 3.05) is 13.1 Å². The Morgan fingerprint density at radius 1 is 0.949 bits per heavy atom. The lowest BCUT2D eigenvalue weighted by Crippen LogP contribution is -2.47. The van der Waals surface area contributed by atoms with Crippen LogP contribution in [0.3, 0.4) is 0 Å². The van der Waals surface area contributed by atoms with E-state index in [0.29, 0.717) is 35.3 Å². The molecular formula is C35H55NO3. The molecule has 4 nitrogen and oxygen atoms in total. The van der Waals surface area contributed by atoms with E-state index in [-0.39, 0.29) is 11.5 Å². The smallest absolute Gasteiger partial charge is 0.222 e. The lowest BCUT2D eigenvalue weighted by atomic mass is 9.52. The SMILES string of the molecule is CC1CCN(C(=O)CCCCCCCCCC[C@@H]2Cc3cc(O)ccc3C3CC[C@@]4(C)C(CC[C@@H]4O)C32)CC1. The highest BCUT2D eigenvalue weighted by Crippen LogP contribution is 2.62. The van der Waals surface area contributed by atoms with Crippen molar-refractivity contribution in [2.24, 2.45) is 29.1 Å². The molecule has 4 heteroatoms. The largest absolute Gasteiger partial charge is 0.508 e. The number of carbonyl (C=O) groups is 1. The molecule has 1 aliphatic heterocycles. The predicted octanol–water partition coefficient (Wildman–Crippen LogP) is 7.99. The van der Waals surface area contributed by atoms with E-state index in [0.717, 1.165) is 51.1 Å². The first-order chi connectivity index (χ1) is 18.9. The van der Waals surface area contributed by atoms with E-state index in [1.165, 1.54) is 88.2 Å². The summed E-state index contributed by atoms with van der Waals surface area (Å²) in [6.45, 7) is 6.61. The van der Waals surface area contributed by atoms with Crippen LogP contribution in [-0.4, -0.2) is 40.2 Å². The molecule has 4 aliphatic rings. The maximum Gasteiger partial charge on any atom is 0.222 e. The summed E-state index contributed by atoms with van der Waals surface area (Å²) in [7, 11) is 0. The summed E-state index contributed by atoms with van der Waals surface area (Å²) in [4.78, 5) is 14.5. The average molecular weight is 538 g/mol. The van der Waals surface area contributed by atoms with Crippen LogP contribution in [0.4, 0.5) is 0 Å². The quantitative estimate of drug-likeness (QED) is 0.281. The minimum atomic E-state index is -0.128. The highest BCUT2D eigenvalue weighted by Gasteiger charge is 2.56. The van der Waals surface area contributed by atoms with Gasteiger partial charge in [-0.15, -0.1) is 0 Å². The van der Waals surface area contributed by atoms with Gasteiger partial charge in [0.25, 0.3) is 0 Å². The van der Waals surface area contributed by atoms with Crippen LogP contribution in [0.25, 0.3) is 0 Å². The van der Waals surface area contributed by atoms with Crippen LogP contribution in [0.5, 0.6) is 5.75 Å². The van der Waals surface area contributed by atoms with Crippen LogP contribution in [0.15, 0.2) is 18.2 Å². The highest BCUT2D eigenvalue weighted by molar-refractivity contribution is 5.76. The summed E-state index contributed by atoms with van der Waals surface area (Å²) in [5.41, 5.74) is 2.98. The molecule has 1 aromatic rings. The Morgan fingerprint density at radius 3 is 2.38 bits per heavy atom. The molecule has 5 rings (SSSR count). The number of aliphatic hydroxyl groups excluding tert-OH is 1. The first kappa shape index (κ1) is 29.0. The molecule has 1 aromatic carbocycles. The highest BCUT2D eigenvalue weighted by atomic mass is 16.3. The Balaban J connectivity index is 1.02. The number of phenols is 1. The molecule has 39 heavy (non-hydrogen) atoms. The molecule has 0 radical (unpaired) electrons. The summed E-state index contributed by atoms with van der Waals surface area (Å²) in [6, 6.07) is 6.13. The van der Waals surface area contributed by atoms with E-state index in [2.05, 4.69) is 24.8 Å². The van der Waals surface area contributed by atoms with Gasteiger partial charge in [0.05, 0.1) is 6.10 Å². The fraction of sp³-hybridized carbons (Fsp3) is 0.800. The molecule has 0 bridgehead atoms. The molecule has 1 saturated heterocycles. The first-order valence-electron chi connectivity index (χ1n) is 16.6. The van der Waals surface area contributed by atoms with E-state index in [9.17, 15) is 15.0 Å². The molecular weight excluding hydrogens is 482 g/mol. The normalized spacial score (nSPS) is 32.5. The Kier molecular flexibility index (Phi) is 9.62. The molecule has 3 unspecified atom stereocenters. The number of hydrogen-bond donors (Lipinski definition) is 2. The number of phenolic OH excluding ortho intramolecular Hbond substituents is 1. The van der Waals surface area contributed by atoms with Gasteiger partial charge in [-0.2, -0.15) is 0 Å². The van der Waals surface area contributed by atoms with E-state index in [4.69, 9.17) is 0 Å². The van der Waals surface area contributed by atoms with E-state index in [1.54, 1.807) is 0 Å². The zero-order valence-electron chi connectivity index (χ0n) is 24.9. The number of fused-ring (bicyclic) bond motifs is 5. The fourth-order valence-electron chi connectivity index (χ4n) is 9.19. The van der Waals surface area contributed by atoms with Gasteiger partial charge in [0.1, 0.15) is 5.75 Å². The molecule has 1 amide bonds. The summed E-state index contributed by atoms with van der Waals surface area (Å²) in [5.74, 6) is 4.19. The first-order valence-corrected chi connectivity index (χ1v) is 16.6. The van der Waals surface area contributed by atoms with Crippen LogP contribution in [-0.2, 0) is 11.2 Å². The molecule has 3 aliphatic carbocycles. The Bertz CT molecular complexity index is 953. The second kappa shape index (κ2) is 13.0. The third-order valence-corrected chi connectivity index (χ3v) is 11.7. The van der Waals surface area contributed by atoms with Crippen LogP contribution >= 0.6 is 0 Å². The van der Waals surface area contributed by atoms with Gasteiger partial charge in [-0.1, -0.05) is 64.9 Å². The number of benzene rings is 1. The molecule has 1 heterocycles. The van der Waals surface area contributed by atoms with Crippen LogP contribution in [0, 0.1) is 29.1 Å². The zero-order chi connectivity index (χ0) is 27.4. The molecule has 3 fully saturated rings. The van der Waals surface area contributed by atoms with Gasteiger partial charge < -0.3 is 15.1 Å². The van der Waals surface area contributed by atoms with Crippen molar-refractivity contribution < 1.29 is 15.0 Å². The topological polar surface area (TPSA) is 60.8 Å². The fourth-order valence-corrected chi connectivity index (χ4v) is 9.19. The van der Waals surface area contributed by atoms with Gasteiger partial charge in [0.15, 0.2) is 0 Å². The van der Waals surface area contributed by atoms with Gasteiger partial charge in [0.2, 0.25) is 5.91 Å². The van der Waals surface area contributed by atoms with Gasteiger partial charge in [-0.05, 0) is 116 Å². The second-order valence-electron chi connectivity index (χ2n) is 14.2. The van der Waals surface area contributed by atoms with Crippen molar-refractivity contribution >= 4 is 5.91 Å². The third-order valence-electron chi connectivity index (χ3n) is 11.7. The lowest BCUT2D eigenvalue weighted by molar-refractivity contribution is -0.132. The Morgan fingerprint density at radius 2 is 1.64 bits per heavy atom. The molecule has 2 N–H and O–H groups in total. The van der Waals surface area contributed by atoms with Crippen molar-refractivity contribution in [1.29, 1.82) is 0 Å². The number of aliphatic hydroxyl groups is 1. The number of unbranched alkanes of at least 4 members (excludes halogenated alkanes) is 7. The number of aromatic hydroxyl groups is 1. The van der Waals surface area contributed by atoms with Crippen molar-refractivity contribution in [3.05, 3.63) is 29.3 Å². The number of hydrogen-bond acceptors (Lipinski definition) is 3. The molecule has 2 saturated carbocycles. The third kappa shape index (κ3) is 6.52. The van der Waals surface area contributed by atoms with Gasteiger partial charge in [0, 0.05) is 19.5 Å². The van der Waals surface area contributed by atoms with E-state index < -0.39 is 0 Å². The summed E-state index contributed by atoms with van der Waals surface area (Å²) < 4.78 is 0. The summed E-state index contributed by atoms with van der Waals surface area (Å²) in [5, 5.41) is 21.1. The maximum atomic E-state index is 12.4. The molecule has 0 aromatic heterocycles. The second-order valence-corrected chi connectivity index (χ2v) is 14.2. The summed E-state index contributed by atoms with van der Waals surface area (Å²) in [6.07, 6.45) is 19.9. The van der Waals surface area contributed by atoms with E-state index in [1.807, 2.05) is 12.1 Å². The monoisotopic (exact) mass is 537 g/mol. The van der Waals surface area contributed by atoms with Crippen molar-refractivity contribution in [3.63, 3.8) is 0 Å². The average Bonchev–Trinajstić information content (AvgIpc) is 3.23. The van der Waals surface area contributed by atoms with Crippen molar-refractivity contribution in [1.82, 2.24) is 4.90 Å². The van der Waals surface area contributed by atoms with Crippen LogP contribution < -0.4 is 0 Å². The van der Waals surface area contributed by atoms with E-state index >= 15 is 0 Å². The van der Waals surface area contributed by atoms with Crippen molar-refractivity contribution in [3.8, 4) is 5.75 Å². The minimum absolute atomic E-state index is 0.102. The Labute approximate surface area is 238 Å². The number of nitrogens with zero attached hydrogens (tertiary/aromatic N) is 1. The number of amides is 1. The van der Waals surface area contributed by atoms with Gasteiger partial charge in [-0.25, -0.2) is 0 Å². The van der Waals surface area contributed by atoms with Crippen molar-refractivity contribution in [2.45, 2.75) is 135 Å². The number of carbonyl (C=O) groups excluding carboxylic acids is 1. The number of piperidine rings is 1. The lowest BCUT2D eigenvalue weighted by Gasteiger charge is -2.53. The number of likely N-dealkylation sites (tertiary alicyclic amines) is 1. The standard InChI is InChI=1S/C35H55NO3/c1-25-18-21-36(22-19-25)33(39)12-10-8-6-4-3-5-7-9-11-26-23-27-24-28(37)13-14-29(27)30-17-20-35(2)31(34(26)30)15-16-32(35)38/h13-14,24-26,30-32,34,37-38H,3-12,15-23H2,1-2H3/t26-,30?,31?,32+,34?,35+/m1/s1. The molecule has 6 atom stereocenters. The Hall–Kier alpha value is -1.55. The molecule has 0 spiro atoms. The van der Waals surface area contributed by atoms with Crippen LogP contribution in [0.2, 0.25) is 0 Å². The van der Waals surface area contributed by atoms with Crippen LogP contribution in [0.1, 0.15) is 134 Å². The van der Waals surface area contributed by atoms with Gasteiger partial charge in [-0.3, -0.25) is 4.79 Å². The predicted molar refractivity (Wildman–Crippen MR) is 159 cm³/mol. The maximum absolute atomic E-state index is 12.4. The van der Waals surface area contributed by atoms with Gasteiger partial charge >= 0.3 is 0 Å². The summed E-state index contributed by atoms with van der Waals surface area (Å²) >= 11 is 0. The number of rotatable bonds is 11.